The highest BCUT2D eigenvalue weighted by molar-refractivity contribution is 7.46. The number of nitrogens with zero attached hydrogens (tertiary/aromatic N) is 1. The van der Waals surface area contributed by atoms with Gasteiger partial charge in [-0.15, -0.1) is 0 Å². The molecule has 5 N–H and O–H groups in total. The second-order valence-corrected chi connectivity index (χ2v) is 6.48. The van der Waals surface area contributed by atoms with Gasteiger partial charge in [0, 0.05) is 24.3 Å². The molecule has 2 rings (SSSR count). The molecule has 13 heteroatoms. The summed E-state index contributed by atoms with van der Waals surface area (Å²) in [4.78, 5) is 51.6. The molecule has 1 aliphatic rings. The van der Waals surface area contributed by atoms with E-state index in [0.29, 0.717) is 5.56 Å². The predicted molar refractivity (Wildman–Crippen MR) is 86.4 cm³/mol. The van der Waals surface area contributed by atoms with Crippen LogP contribution in [-0.4, -0.2) is 54.3 Å². The van der Waals surface area contributed by atoms with Crippen LogP contribution < -0.4 is 11.2 Å². The number of carboxylic acid groups (broad SMARTS) is 1. The van der Waals surface area contributed by atoms with Crippen LogP contribution in [-0.2, 0) is 18.6 Å². The van der Waals surface area contributed by atoms with E-state index in [2.05, 4.69) is 16.1 Å². The van der Waals surface area contributed by atoms with Gasteiger partial charge >= 0.3 is 19.5 Å². The average Bonchev–Trinajstić information content (AvgIpc) is 2.89. The van der Waals surface area contributed by atoms with Gasteiger partial charge in [0.15, 0.2) is 0 Å². The van der Waals surface area contributed by atoms with Crippen molar-refractivity contribution in [3.05, 3.63) is 45.3 Å². The summed E-state index contributed by atoms with van der Waals surface area (Å²) >= 11 is 0. The number of ether oxygens (including phenoxy) is 1. The number of aromatic nitrogens is 2. The van der Waals surface area contributed by atoms with E-state index in [1.807, 2.05) is 0 Å². The van der Waals surface area contributed by atoms with E-state index in [9.17, 15) is 24.1 Å². The molecule has 0 unspecified atom stereocenters. The van der Waals surface area contributed by atoms with Gasteiger partial charge in [-0.2, -0.15) is 0 Å². The predicted octanol–water partition coefficient (Wildman–Crippen LogP) is -1.14. The van der Waals surface area contributed by atoms with Crippen molar-refractivity contribution in [1.29, 1.82) is 0 Å². The molecule has 1 fully saturated rings. The number of phosphoric acid groups is 1. The molecule has 3 atom stereocenters. The quantitative estimate of drug-likeness (QED) is 0.301. The summed E-state index contributed by atoms with van der Waals surface area (Å²) in [5.41, 5.74) is -0.918. The summed E-state index contributed by atoms with van der Waals surface area (Å²) in [5.74, 6) is -0.981. The van der Waals surface area contributed by atoms with Crippen molar-refractivity contribution < 1.29 is 38.6 Å². The molecule has 0 radical (unpaired) electrons. The first-order valence-corrected chi connectivity index (χ1v) is 8.68. The molecule has 0 aliphatic carbocycles. The van der Waals surface area contributed by atoms with Gasteiger partial charge in [0.2, 0.25) is 0 Å². The lowest BCUT2D eigenvalue weighted by molar-refractivity contribution is -0.131. The van der Waals surface area contributed by atoms with E-state index in [1.165, 1.54) is 13.1 Å². The lowest BCUT2D eigenvalue weighted by Crippen LogP contribution is -2.33. The highest BCUT2D eigenvalue weighted by Crippen LogP contribution is 2.38. The number of aliphatic carboxylic acids is 1. The molecule has 26 heavy (non-hydrogen) atoms. The van der Waals surface area contributed by atoms with Gasteiger partial charge in [0.1, 0.15) is 12.3 Å². The standard InChI is InChI=1S/C10H15N2O8P.C3H4O2/c1-5-3-12(10(15)11-9(5)14)8-2-6(13)7(20-8)4-19-21(16,17)18;1-2-3(4)5/h3,6-8,13H,2,4H2,1H3,(H,11,14,15)(H2,16,17,18);2H,1H2,(H,4,5)/t6-,7+,8+;/m0./s1. The number of rotatable bonds is 5. The largest absolute Gasteiger partial charge is 0.478 e. The summed E-state index contributed by atoms with van der Waals surface area (Å²) in [6.07, 6.45) is -0.735. The number of nitrogens with one attached hydrogen (secondary N) is 1. The van der Waals surface area contributed by atoms with Gasteiger partial charge < -0.3 is 24.7 Å². The first kappa shape index (κ1) is 22.0. The molecule has 0 saturated carbocycles. The highest BCUT2D eigenvalue weighted by Gasteiger charge is 2.37. The van der Waals surface area contributed by atoms with Crippen molar-refractivity contribution in [2.45, 2.75) is 31.8 Å². The maximum absolute atomic E-state index is 11.7. The lowest BCUT2D eigenvalue weighted by Gasteiger charge is -2.16. The Balaban J connectivity index is 0.000000597. The van der Waals surface area contributed by atoms with Crippen molar-refractivity contribution in [2.75, 3.05) is 6.61 Å². The van der Waals surface area contributed by atoms with Gasteiger partial charge in [-0.3, -0.25) is 18.9 Å². The third-order valence-electron chi connectivity index (χ3n) is 3.24. The second kappa shape index (κ2) is 9.03. The summed E-state index contributed by atoms with van der Waals surface area (Å²) < 4.78 is 21.4. The molecule has 0 spiro atoms. The first-order valence-electron chi connectivity index (χ1n) is 7.15. The number of hydrogen-bond donors (Lipinski definition) is 5. The topological polar surface area (TPSA) is 188 Å². The van der Waals surface area contributed by atoms with E-state index >= 15 is 0 Å². The fourth-order valence-corrected chi connectivity index (χ4v) is 2.35. The molecule has 0 aromatic carbocycles. The maximum Gasteiger partial charge on any atom is 0.469 e. The monoisotopic (exact) mass is 394 g/mol. The van der Waals surface area contributed by atoms with Crippen LogP contribution in [0.4, 0.5) is 0 Å². The van der Waals surface area contributed by atoms with Gasteiger partial charge in [0.25, 0.3) is 5.56 Å². The van der Waals surface area contributed by atoms with Crippen molar-refractivity contribution in [3.63, 3.8) is 0 Å². The minimum atomic E-state index is -4.67. The third kappa shape index (κ3) is 6.67. The molecule has 12 nitrogen and oxygen atoms in total. The second-order valence-electron chi connectivity index (χ2n) is 5.24. The zero-order chi connectivity index (χ0) is 20.1. The summed E-state index contributed by atoms with van der Waals surface area (Å²) in [5, 5.41) is 17.4. The highest BCUT2D eigenvalue weighted by atomic mass is 31.2. The van der Waals surface area contributed by atoms with Crippen LogP contribution in [0.25, 0.3) is 0 Å². The normalized spacial score (nSPS) is 22.4. The SMILES string of the molecule is C=CC(=O)O.Cc1cn([C@H]2C[C@H](O)[C@@H](COP(=O)(O)O)O2)c(=O)[nH]c1=O. The van der Waals surface area contributed by atoms with Crippen molar-refractivity contribution in [2.24, 2.45) is 0 Å². The van der Waals surface area contributed by atoms with Gasteiger partial charge in [-0.05, 0) is 6.92 Å². The van der Waals surface area contributed by atoms with Gasteiger partial charge in [-0.1, -0.05) is 6.58 Å². The number of hydrogen-bond acceptors (Lipinski definition) is 7. The Bertz CT molecular complexity index is 810. The van der Waals surface area contributed by atoms with Crippen LogP contribution in [0, 0.1) is 6.92 Å². The van der Waals surface area contributed by atoms with Crippen LogP contribution in [0.3, 0.4) is 0 Å². The van der Waals surface area contributed by atoms with E-state index in [-0.39, 0.29) is 6.42 Å². The van der Waals surface area contributed by atoms with Crippen molar-refractivity contribution in [3.8, 4) is 0 Å². The average molecular weight is 394 g/mol. The number of carbonyl (C=O) groups is 1. The number of H-pyrrole nitrogens is 1. The molecule has 1 aliphatic heterocycles. The Labute approximate surface area is 146 Å². The number of carboxylic acids is 1. The molecular formula is C13H19N2O10P. The van der Waals surface area contributed by atoms with E-state index < -0.39 is 50.1 Å². The smallest absolute Gasteiger partial charge is 0.469 e. The molecule has 1 saturated heterocycles. The maximum atomic E-state index is 11.7. The molecule has 1 aromatic heterocycles. The molecule has 0 bridgehead atoms. The van der Waals surface area contributed by atoms with Crippen LogP contribution in [0.15, 0.2) is 28.4 Å². The fraction of sp³-hybridized carbons (Fsp3) is 0.462. The van der Waals surface area contributed by atoms with E-state index in [1.54, 1.807) is 0 Å². The van der Waals surface area contributed by atoms with Crippen molar-refractivity contribution in [1.82, 2.24) is 9.55 Å². The van der Waals surface area contributed by atoms with Crippen molar-refractivity contribution >= 4 is 13.8 Å². The Morgan fingerprint density at radius 3 is 2.62 bits per heavy atom. The number of aryl methyl sites for hydroxylation is 1. The molecule has 2 heterocycles. The Morgan fingerprint density at radius 1 is 1.54 bits per heavy atom. The summed E-state index contributed by atoms with van der Waals surface area (Å²) in [6.45, 7) is 3.95. The number of phosphoric ester groups is 1. The first-order chi connectivity index (χ1) is 11.9. The summed E-state index contributed by atoms with van der Waals surface area (Å²) in [7, 11) is -4.67. The Hall–Kier alpha value is -2.08. The third-order valence-corrected chi connectivity index (χ3v) is 3.73. The van der Waals surface area contributed by atoms with E-state index in [4.69, 9.17) is 19.6 Å². The Morgan fingerprint density at radius 2 is 2.12 bits per heavy atom. The Kier molecular flexibility index (Phi) is 7.63. The lowest BCUT2D eigenvalue weighted by atomic mass is 10.2. The zero-order valence-corrected chi connectivity index (χ0v) is 14.5. The minimum Gasteiger partial charge on any atom is -0.478 e. The molecule has 1 aromatic rings. The van der Waals surface area contributed by atoms with Crippen LogP contribution in [0.5, 0.6) is 0 Å². The van der Waals surface area contributed by atoms with Crippen LogP contribution in [0.2, 0.25) is 0 Å². The number of aliphatic hydroxyl groups excluding tert-OH is 1. The molecule has 146 valence electrons. The van der Waals surface area contributed by atoms with Gasteiger partial charge in [-0.25, -0.2) is 14.2 Å². The molecular weight excluding hydrogens is 375 g/mol. The fourth-order valence-electron chi connectivity index (χ4n) is 2.01. The van der Waals surface area contributed by atoms with Gasteiger partial charge in [0.05, 0.1) is 12.7 Å². The number of aliphatic hydroxyl groups is 1. The van der Waals surface area contributed by atoms with Crippen LogP contribution >= 0.6 is 7.82 Å². The summed E-state index contributed by atoms with van der Waals surface area (Å²) in [6, 6.07) is 0. The minimum absolute atomic E-state index is 0.0283. The zero-order valence-electron chi connectivity index (χ0n) is 13.6. The van der Waals surface area contributed by atoms with E-state index in [0.717, 1.165) is 10.6 Å². The number of aromatic amines is 1. The van der Waals surface area contributed by atoms with Crippen LogP contribution in [0.1, 0.15) is 18.2 Å². The molecule has 0 amide bonds.